The summed E-state index contributed by atoms with van der Waals surface area (Å²) < 4.78 is 0. The zero-order valence-electron chi connectivity index (χ0n) is 13.3. The number of halogens is 2. The van der Waals surface area contributed by atoms with Crippen molar-refractivity contribution in [2.75, 3.05) is 13.1 Å². The Labute approximate surface area is 144 Å². The van der Waals surface area contributed by atoms with E-state index in [0.29, 0.717) is 18.9 Å². The van der Waals surface area contributed by atoms with Gasteiger partial charge in [0.2, 0.25) is 5.91 Å². The van der Waals surface area contributed by atoms with Crippen LogP contribution in [0.15, 0.2) is 24.3 Å². The van der Waals surface area contributed by atoms with E-state index < -0.39 is 0 Å². The second-order valence-electron chi connectivity index (χ2n) is 6.14. The van der Waals surface area contributed by atoms with Gasteiger partial charge in [-0.3, -0.25) is 4.79 Å². The molecule has 1 aromatic rings. The SMILES string of the molecule is CC(C)N(Cc1cccc(Cl)c1)C(=O)CC1CCNCC1.Cl. The molecule has 1 aromatic carbocycles. The van der Waals surface area contributed by atoms with Crippen LogP contribution in [-0.4, -0.2) is 29.9 Å². The molecule has 0 bridgehead atoms. The first-order valence-corrected chi connectivity index (χ1v) is 8.18. The van der Waals surface area contributed by atoms with Gasteiger partial charge in [-0.1, -0.05) is 23.7 Å². The van der Waals surface area contributed by atoms with E-state index in [9.17, 15) is 4.79 Å². The third-order valence-corrected chi connectivity index (χ3v) is 4.34. The Bertz CT molecular complexity index is 473. The molecule has 1 aliphatic heterocycles. The predicted molar refractivity (Wildman–Crippen MR) is 94.6 cm³/mol. The fourth-order valence-corrected chi connectivity index (χ4v) is 3.05. The van der Waals surface area contributed by atoms with Crippen molar-refractivity contribution in [2.24, 2.45) is 5.92 Å². The topological polar surface area (TPSA) is 32.3 Å². The van der Waals surface area contributed by atoms with Gasteiger partial charge in [0.1, 0.15) is 0 Å². The van der Waals surface area contributed by atoms with Crippen LogP contribution in [0.1, 0.15) is 38.7 Å². The Hall–Kier alpha value is -0.770. The third kappa shape index (κ3) is 5.79. The summed E-state index contributed by atoms with van der Waals surface area (Å²) in [6.07, 6.45) is 2.88. The normalized spacial score (nSPS) is 15.5. The molecule has 1 aliphatic rings. The van der Waals surface area contributed by atoms with Gasteiger partial charge in [-0.2, -0.15) is 0 Å². The van der Waals surface area contributed by atoms with Crippen LogP contribution >= 0.6 is 24.0 Å². The van der Waals surface area contributed by atoms with Gasteiger partial charge < -0.3 is 10.2 Å². The van der Waals surface area contributed by atoms with Gasteiger partial charge in [0.05, 0.1) is 0 Å². The lowest BCUT2D eigenvalue weighted by Gasteiger charge is -2.30. The van der Waals surface area contributed by atoms with E-state index in [1.807, 2.05) is 29.2 Å². The Balaban J connectivity index is 0.00000242. The molecule has 1 heterocycles. The summed E-state index contributed by atoms with van der Waals surface area (Å²) in [5.74, 6) is 0.788. The maximum Gasteiger partial charge on any atom is 0.223 e. The van der Waals surface area contributed by atoms with Crippen LogP contribution in [0, 0.1) is 5.92 Å². The first-order chi connectivity index (χ1) is 10.1. The maximum absolute atomic E-state index is 12.6. The molecule has 2 rings (SSSR count). The zero-order chi connectivity index (χ0) is 15.2. The number of carbonyl (C=O) groups excluding carboxylic acids is 1. The molecule has 124 valence electrons. The van der Waals surface area contributed by atoms with Gasteiger partial charge in [-0.25, -0.2) is 0 Å². The van der Waals surface area contributed by atoms with Crippen LogP contribution in [0.4, 0.5) is 0 Å². The lowest BCUT2D eigenvalue weighted by molar-refractivity contribution is -0.134. The van der Waals surface area contributed by atoms with Crippen LogP contribution < -0.4 is 5.32 Å². The quantitative estimate of drug-likeness (QED) is 0.878. The number of amides is 1. The van der Waals surface area contributed by atoms with E-state index >= 15 is 0 Å². The second-order valence-corrected chi connectivity index (χ2v) is 6.58. The molecule has 0 aliphatic carbocycles. The Morgan fingerprint density at radius 3 is 2.64 bits per heavy atom. The number of carbonyl (C=O) groups is 1. The summed E-state index contributed by atoms with van der Waals surface area (Å²) in [4.78, 5) is 14.6. The predicted octanol–water partition coefficient (Wildman–Crippen LogP) is 3.89. The minimum atomic E-state index is 0. The van der Waals surface area contributed by atoms with E-state index in [-0.39, 0.29) is 24.4 Å². The van der Waals surface area contributed by atoms with Crippen molar-refractivity contribution in [3.63, 3.8) is 0 Å². The fraction of sp³-hybridized carbons (Fsp3) is 0.588. The molecular weight excluding hydrogens is 319 g/mol. The molecule has 0 radical (unpaired) electrons. The highest BCUT2D eigenvalue weighted by molar-refractivity contribution is 6.30. The zero-order valence-corrected chi connectivity index (χ0v) is 14.9. The van der Waals surface area contributed by atoms with Crippen molar-refractivity contribution in [1.82, 2.24) is 10.2 Å². The minimum absolute atomic E-state index is 0. The van der Waals surface area contributed by atoms with E-state index in [4.69, 9.17) is 11.6 Å². The van der Waals surface area contributed by atoms with Gasteiger partial charge in [0.15, 0.2) is 0 Å². The number of nitrogens with one attached hydrogen (secondary N) is 1. The molecule has 1 N–H and O–H groups in total. The summed E-state index contributed by atoms with van der Waals surface area (Å²) >= 11 is 6.03. The van der Waals surface area contributed by atoms with Crippen LogP contribution in [0.5, 0.6) is 0 Å². The molecule has 3 nitrogen and oxygen atoms in total. The summed E-state index contributed by atoms with van der Waals surface area (Å²) in [6.45, 7) is 6.86. The summed E-state index contributed by atoms with van der Waals surface area (Å²) in [7, 11) is 0. The van der Waals surface area contributed by atoms with Gasteiger partial charge >= 0.3 is 0 Å². The van der Waals surface area contributed by atoms with E-state index in [0.717, 1.165) is 36.5 Å². The Morgan fingerprint density at radius 2 is 2.05 bits per heavy atom. The fourth-order valence-electron chi connectivity index (χ4n) is 2.84. The Morgan fingerprint density at radius 1 is 1.36 bits per heavy atom. The highest BCUT2D eigenvalue weighted by Crippen LogP contribution is 2.20. The van der Waals surface area contributed by atoms with Crippen LogP contribution in [0.25, 0.3) is 0 Å². The molecule has 1 fully saturated rings. The van der Waals surface area contributed by atoms with Gasteiger partial charge in [-0.05, 0) is 63.4 Å². The molecule has 22 heavy (non-hydrogen) atoms. The molecule has 1 amide bonds. The number of hydrogen-bond acceptors (Lipinski definition) is 2. The van der Waals surface area contributed by atoms with Crippen molar-refractivity contribution in [3.05, 3.63) is 34.9 Å². The standard InChI is InChI=1S/C17H25ClN2O.ClH/c1-13(2)20(12-15-4-3-5-16(18)10-15)17(21)11-14-6-8-19-9-7-14;/h3-5,10,13-14,19H,6-9,11-12H2,1-2H3;1H. The number of hydrogen-bond donors (Lipinski definition) is 1. The number of benzene rings is 1. The molecular formula is C17H26Cl2N2O. The van der Waals surface area contributed by atoms with Gasteiger partial charge in [-0.15, -0.1) is 12.4 Å². The molecule has 0 spiro atoms. The third-order valence-electron chi connectivity index (χ3n) is 4.11. The lowest BCUT2D eigenvalue weighted by Crippen LogP contribution is -2.38. The largest absolute Gasteiger partial charge is 0.336 e. The summed E-state index contributed by atoms with van der Waals surface area (Å²) in [6, 6.07) is 7.97. The maximum atomic E-state index is 12.6. The molecule has 0 saturated carbocycles. The average molecular weight is 345 g/mol. The van der Waals surface area contributed by atoms with Crippen LogP contribution in [-0.2, 0) is 11.3 Å². The van der Waals surface area contributed by atoms with Gasteiger partial charge in [0, 0.05) is 24.0 Å². The molecule has 5 heteroatoms. The average Bonchev–Trinajstić information content (AvgIpc) is 2.45. The highest BCUT2D eigenvalue weighted by Gasteiger charge is 2.22. The minimum Gasteiger partial charge on any atom is -0.336 e. The summed E-state index contributed by atoms with van der Waals surface area (Å²) in [5, 5.41) is 4.07. The van der Waals surface area contributed by atoms with Crippen molar-refractivity contribution < 1.29 is 4.79 Å². The molecule has 1 saturated heterocycles. The summed E-state index contributed by atoms with van der Waals surface area (Å²) in [5.41, 5.74) is 1.09. The Kier molecular flexibility index (Phi) is 8.23. The van der Waals surface area contributed by atoms with Crippen molar-refractivity contribution >= 4 is 29.9 Å². The van der Waals surface area contributed by atoms with Crippen LogP contribution in [0.3, 0.4) is 0 Å². The highest BCUT2D eigenvalue weighted by atomic mass is 35.5. The van der Waals surface area contributed by atoms with Gasteiger partial charge in [0.25, 0.3) is 0 Å². The monoisotopic (exact) mass is 344 g/mol. The van der Waals surface area contributed by atoms with E-state index in [1.165, 1.54) is 0 Å². The van der Waals surface area contributed by atoms with Crippen molar-refractivity contribution in [1.29, 1.82) is 0 Å². The van der Waals surface area contributed by atoms with Crippen molar-refractivity contribution in [2.45, 2.75) is 45.7 Å². The molecule has 0 unspecified atom stereocenters. The first kappa shape index (κ1) is 19.3. The van der Waals surface area contributed by atoms with Crippen LogP contribution in [0.2, 0.25) is 5.02 Å². The smallest absolute Gasteiger partial charge is 0.223 e. The first-order valence-electron chi connectivity index (χ1n) is 7.81. The number of nitrogens with zero attached hydrogens (tertiary/aromatic N) is 1. The van der Waals surface area contributed by atoms with E-state index in [2.05, 4.69) is 19.2 Å². The number of rotatable bonds is 5. The molecule has 0 atom stereocenters. The van der Waals surface area contributed by atoms with Crippen molar-refractivity contribution in [3.8, 4) is 0 Å². The van der Waals surface area contributed by atoms with E-state index in [1.54, 1.807) is 0 Å². The lowest BCUT2D eigenvalue weighted by atomic mass is 9.94. The molecule has 0 aromatic heterocycles. The number of piperidine rings is 1. The second kappa shape index (κ2) is 9.39.